The third-order valence-electron chi connectivity index (χ3n) is 6.34. The molecule has 1 heterocycles. The van der Waals surface area contributed by atoms with Crippen LogP contribution < -0.4 is 5.73 Å². The molecule has 37 heavy (non-hydrogen) atoms. The predicted octanol–water partition coefficient (Wildman–Crippen LogP) is 6.66. The van der Waals surface area contributed by atoms with Crippen molar-refractivity contribution in [1.82, 2.24) is 5.01 Å². The molecule has 3 aromatic carbocycles. The van der Waals surface area contributed by atoms with Gasteiger partial charge in [-0.1, -0.05) is 59.2 Å². The summed E-state index contributed by atoms with van der Waals surface area (Å²) in [6.45, 7) is 1.96. The third-order valence-corrected chi connectivity index (χ3v) is 8.25. The number of ether oxygens (including phenoxy) is 1. The number of halogens is 4. The molecule has 5 nitrogen and oxygen atoms in total. The lowest BCUT2D eigenvalue weighted by Gasteiger charge is -2.40. The second-order valence-electron chi connectivity index (χ2n) is 8.68. The van der Waals surface area contributed by atoms with Crippen molar-refractivity contribution in [2.75, 3.05) is 13.7 Å². The van der Waals surface area contributed by atoms with Crippen LogP contribution >= 0.6 is 35.0 Å². The van der Waals surface area contributed by atoms with Gasteiger partial charge in [-0.2, -0.15) is 5.10 Å². The molecule has 10 heteroatoms. The van der Waals surface area contributed by atoms with E-state index in [1.165, 1.54) is 12.1 Å². The van der Waals surface area contributed by atoms with Crippen LogP contribution in [0, 0.1) is 11.6 Å². The molecule has 0 bridgehead atoms. The highest BCUT2D eigenvalue weighted by atomic mass is 35.5. The molecule has 1 aliphatic rings. The minimum absolute atomic E-state index is 0.0543. The Kier molecular flexibility index (Phi) is 8.26. The average molecular weight is 564 g/mol. The van der Waals surface area contributed by atoms with Crippen molar-refractivity contribution in [3.63, 3.8) is 0 Å². The van der Waals surface area contributed by atoms with Gasteiger partial charge in [0.2, 0.25) is 0 Å². The highest BCUT2D eigenvalue weighted by Crippen LogP contribution is 2.52. The van der Waals surface area contributed by atoms with Gasteiger partial charge in [0.05, 0.1) is 0 Å². The molecule has 3 aromatic rings. The molecule has 0 spiro atoms. The van der Waals surface area contributed by atoms with E-state index >= 15 is 0 Å². The summed E-state index contributed by atoms with van der Waals surface area (Å²) in [7, 11) is 1.42. The lowest BCUT2D eigenvalue weighted by molar-refractivity contribution is -0.158. The van der Waals surface area contributed by atoms with Gasteiger partial charge < -0.3 is 10.5 Å². The molecule has 0 fully saturated rings. The first-order valence-corrected chi connectivity index (χ1v) is 13.1. The van der Waals surface area contributed by atoms with E-state index in [2.05, 4.69) is 5.10 Å². The van der Waals surface area contributed by atoms with Crippen molar-refractivity contribution in [2.45, 2.75) is 30.2 Å². The van der Waals surface area contributed by atoms with E-state index in [9.17, 15) is 13.6 Å². The Balaban J connectivity index is 1.94. The van der Waals surface area contributed by atoms with Crippen LogP contribution in [0.25, 0.3) is 0 Å². The largest absolute Gasteiger partial charge is 0.364 e. The smallest absolute Gasteiger partial charge is 0.280 e. The van der Waals surface area contributed by atoms with Crippen molar-refractivity contribution in [1.29, 1.82) is 0 Å². The predicted molar refractivity (Wildman–Crippen MR) is 145 cm³/mol. The maximum Gasteiger partial charge on any atom is 0.280 e. The average Bonchev–Trinajstić information content (AvgIpc) is 3.28. The Morgan fingerprint density at radius 2 is 1.81 bits per heavy atom. The molecular formula is C27H25Cl2F2N3O2S. The Hall–Kier alpha value is -2.49. The summed E-state index contributed by atoms with van der Waals surface area (Å²) >= 11 is 13.7. The first-order chi connectivity index (χ1) is 17.6. The van der Waals surface area contributed by atoms with E-state index in [0.717, 1.165) is 30.0 Å². The van der Waals surface area contributed by atoms with Crippen LogP contribution in [-0.2, 0) is 20.0 Å². The summed E-state index contributed by atoms with van der Waals surface area (Å²) < 4.78 is 34.8. The van der Waals surface area contributed by atoms with Gasteiger partial charge >= 0.3 is 0 Å². The van der Waals surface area contributed by atoms with Crippen LogP contribution in [0.1, 0.15) is 36.5 Å². The topological polar surface area (TPSA) is 67.9 Å². The van der Waals surface area contributed by atoms with Gasteiger partial charge in [-0.15, -0.1) is 0 Å². The first kappa shape index (κ1) is 27.5. The Morgan fingerprint density at radius 1 is 1.11 bits per heavy atom. The Bertz CT molecular complexity index is 1360. The summed E-state index contributed by atoms with van der Waals surface area (Å²) in [6.07, 6.45) is 0.873. The van der Waals surface area contributed by atoms with Crippen LogP contribution in [0.5, 0.6) is 0 Å². The molecule has 0 aromatic heterocycles. The molecule has 0 aliphatic carbocycles. The molecule has 0 saturated heterocycles. The highest BCUT2D eigenvalue weighted by Gasteiger charge is 2.53. The monoisotopic (exact) mass is 563 g/mol. The molecule has 1 unspecified atom stereocenters. The third kappa shape index (κ3) is 5.26. The van der Waals surface area contributed by atoms with Crippen molar-refractivity contribution in [3.8, 4) is 0 Å². The summed E-state index contributed by atoms with van der Waals surface area (Å²) in [5.74, 6) is -1.81. The van der Waals surface area contributed by atoms with Crippen LogP contribution in [0.3, 0.4) is 0 Å². The molecule has 1 aliphatic heterocycles. The number of benzene rings is 3. The maximum absolute atomic E-state index is 14.9. The van der Waals surface area contributed by atoms with E-state index in [1.54, 1.807) is 49.4 Å². The Morgan fingerprint density at radius 3 is 2.46 bits per heavy atom. The van der Waals surface area contributed by atoms with E-state index in [4.69, 9.17) is 33.7 Å². The number of methoxy groups -OCH3 is 1. The fourth-order valence-electron chi connectivity index (χ4n) is 4.25. The standard InChI is InChI=1S/C27H25Cl2F2N3O2S/c1-26(36-2,17-6-3-8-19(28)14-17)25(35)34-27(12-5-13-32,18-7-4-9-20(29)15-18)37-24(33-34)22-16-21(30)10-11-23(22)31/h3-4,6-11,14-16H,5,12-13,32H2,1-2H3/t26-,27?/m1/s1. The maximum atomic E-state index is 14.9. The number of nitrogens with two attached hydrogens (primary N) is 1. The van der Waals surface area contributed by atoms with E-state index in [1.807, 2.05) is 6.07 Å². The number of nitrogens with zero attached hydrogens (tertiary/aromatic N) is 2. The minimum Gasteiger partial charge on any atom is -0.364 e. The van der Waals surface area contributed by atoms with Crippen molar-refractivity contribution in [2.24, 2.45) is 10.8 Å². The quantitative estimate of drug-likeness (QED) is 0.332. The van der Waals surface area contributed by atoms with Gasteiger partial charge in [0, 0.05) is 22.7 Å². The lowest BCUT2D eigenvalue weighted by atomic mass is 9.92. The summed E-state index contributed by atoms with van der Waals surface area (Å²) in [5, 5.41) is 6.92. The number of hydrazone groups is 1. The van der Waals surface area contributed by atoms with Gasteiger partial charge in [-0.25, -0.2) is 13.8 Å². The molecule has 1 amide bonds. The van der Waals surface area contributed by atoms with Gasteiger partial charge in [0.1, 0.15) is 21.5 Å². The molecule has 0 saturated carbocycles. The second-order valence-corrected chi connectivity index (χ2v) is 10.8. The Labute approximate surface area is 228 Å². The van der Waals surface area contributed by atoms with Crippen LogP contribution in [0.2, 0.25) is 10.0 Å². The number of carbonyl (C=O) groups excluding carboxylic acids is 1. The zero-order valence-electron chi connectivity index (χ0n) is 20.2. The highest BCUT2D eigenvalue weighted by molar-refractivity contribution is 8.15. The fourth-order valence-corrected chi connectivity index (χ4v) is 6.04. The molecule has 2 atom stereocenters. The second kappa shape index (κ2) is 11.1. The number of thioether (sulfide) groups is 1. The summed E-state index contributed by atoms with van der Waals surface area (Å²) in [4.78, 5) is 13.2. The van der Waals surface area contributed by atoms with Gasteiger partial charge in [0.25, 0.3) is 5.91 Å². The van der Waals surface area contributed by atoms with Crippen LogP contribution in [-0.4, -0.2) is 29.6 Å². The van der Waals surface area contributed by atoms with Gasteiger partial charge in [-0.3, -0.25) is 4.79 Å². The molecule has 0 radical (unpaired) electrons. The summed E-state index contributed by atoms with van der Waals surface area (Å²) in [5.41, 5.74) is 5.49. The molecule has 194 valence electrons. The number of carbonyl (C=O) groups is 1. The number of hydrogen-bond donors (Lipinski definition) is 1. The summed E-state index contributed by atoms with van der Waals surface area (Å²) in [6, 6.07) is 16.9. The van der Waals surface area contributed by atoms with E-state index in [0.29, 0.717) is 40.6 Å². The molecule has 4 rings (SSSR count). The van der Waals surface area contributed by atoms with E-state index < -0.39 is 28.0 Å². The first-order valence-electron chi connectivity index (χ1n) is 11.5. The van der Waals surface area contributed by atoms with Gasteiger partial charge in [0.15, 0.2) is 5.60 Å². The number of hydrogen-bond acceptors (Lipinski definition) is 5. The van der Waals surface area contributed by atoms with Crippen LogP contribution in [0.15, 0.2) is 71.8 Å². The SMILES string of the molecule is CO[C@@](C)(C(=O)N1N=C(c2cc(F)ccc2F)SC1(CCCN)c1cccc(Cl)c1)c1cccc(Cl)c1. The normalized spacial score (nSPS) is 19.0. The van der Waals surface area contributed by atoms with Crippen molar-refractivity contribution < 1.29 is 18.3 Å². The van der Waals surface area contributed by atoms with Gasteiger partial charge in [-0.05, 0) is 79.9 Å². The zero-order chi connectivity index (χ0) is 26.8. The molecular weight excluding hydrogens is 539 g/mol. The van der Waals surface area contributed by atoms with Crippen molar-refractivity contribution in [3.05, 3.63) is 105 Å². The number of rotatable bonds is 8. The number of amides is 1. The van der Waals surface area contributed by atoms with E-state index in [-0.39, 0.29) is 10.6 Å². The zero-order valence-corrected chi connectivity index (χ0v) is 22.5. The minimum atomic E-state index is -1.50. The fraction of sp³-hybridized carbons (Fsp3) is 0.259. The van der Waals surface area contributed by atoms with Crippen molar-refractivity contribution >= 4 is 45.9 Å². The lowest BCUT2D eigenvalue weighted by Crippen LogP contribution is -2.50. The van der Waals surface area contributed by atoms with Crippen LogP contribution in [0.4, 0.5) is 8.78 Å². The molecule has 2 N–H and O–H groups in total.